The molecule has 2 aromatic rings. The zero-order valence-electron chi connectivity index (χ0n) is 16.2. The Hall–Kier alpha value is -2.04. The average Bonchev–Trinajstić information content (AvgIpc) is 2.66. The van der Waals surface area contributed by atoms with Crippen molar-refractivity contribution in [3.8, 4) is 5.75 Å². The standard InChI is InChI=1S/C22H30N2O2/c1-17-9-10-18(2)22(19(17)3)26-16-21(25)15-23-11-13-24(14-12-23)20-7-5-4-6-8-20/h4-10,21,25H,11-16H2,1-3H3/p+1/t21-/m0/s1. The summed E-state index contributed by atoms with van der Waals surface area (Å²) < 4.78 is 5.97. The van der Waals surface area contributed by atoms with Gasteiger partial charge in [-0.25, -0.2) is 0 Å². The van der Waals surface area contributed by atoms with E-state index in [1.807, 2.05) is 0 Å². The van der Waals surface area contributed by atoms with Crippen LogP contribution in [0.15, 0.2) is 42.5 Å². The minimum Gasteiger partial charge on any atom is -0.490 e. The second kappa shape index (κ2) is 8.56. The summed E-state index contributed by atoms with van der Waals surface area (Å²) >= 11 is 0. The molecule has 3 rings (SSSR count). The summed E-state index contributed by atoms with van der Waals surface area (Å²) in [5, 5.41) is 10.4. The molecule has 1 fully saturated rings. The highest BCUT2D eigenvalue weighted by Gasteiger charge is 2.23. The number of rotatable bonds is 6. The zero-order chi connectivity index (χ0) is 18.5. The van der Waals surface area contributed by atoms with E-state index in [1.165, 1.54) is 21.7 Å². The molecular weight excluding hydrogens is 324 g/mol. The van der Waals surface area contributed by atoms with E-state index in [-0.39, 0.29) is 0 Å². The van der Waals surface area contributed by atoms with Crippen molar-refractivity contribution in [1.29, 1.82) is 0 Å². The SMILES string of the molecule is Cc1ccc(C)c(OC[C@@H](O)C[NH+]2CCN(c3ccccc3)CC2)c1C. The largest absolute Gasteiger partial charge is 0.490 e. The van der Waals surface area contributed by atoms with E-state index in [0.717, 1.165) is 44.0 Å². The molecule has 1 saturated heterocycles. The van der Waals surface area contributed by atoms with Gasteiger partial charge in [-0.3, -0.25) is 0 Å². The Labute approximate surface area is 157 Å². The molecule has 0 radical (unpaired) electrons. The molecular formula is C22H31N2O2+. The number of aryl methyl sites for hydroxylation is 2. The van der Waals surface area contributed by atoms with Gasteiger partial charge in [0.1, 0.15) is 25.0 Å². The maximum atomic E-state index is 10.4. The molecule has 0 amide bonds. The number of piperazine rings is 1. The number of nitrogens with zero attached hydrogens (tertiary/aromatic N) is 1. The summed E-state index contributed by atoms with van der Waals surface area (Å²) in [6.07, 6.45) is -0.437. The summed E-state index contributed by atoms with van der Waals surface area (Å²) in [6.45, 7) is 11.5. The van der Waals surface area contributed by atoms with Gasteiger partial charge < -0.3 is 19.6 Å². The van der Waals surface area contributed by atoms with Gasteiger partial charge in [-0.05, 0) is 49.6 Å². The smallest absolute Gasteiger partial charge is 0.137 e. The quantitative estimate of drug-likeness (QED) is 0.829. The fourth-order valence-electron chi connectivity index (χ4n) is 3.64. The van der Waals surface area contributed by atoms with Crippen LogP contribution in [-0.4, -0.2) is 50.5 Å². The van der Waals surface area contributed by atoms with Crippen LogP contribution in [-0.2, 0) is 0 Å². The van der Waals surface area contributed by atoms with Crippen molar-refractivity contribution in [1.82, 2.24) is 0 Å². The van der Waals surface area contributed by atoms with Crippen molar-refractivity contribution in [2.45, 2.75) is 26.9 Å². The monoisotopic (exact) mass is 355 g/mol. The number of quaternary nitrogens is 1. The van der Waals surface area contributed by atoms with Crippen LogP contribution in [0.1, 0.15) is 16.7 Å². The summed E-state index contributed by atoms with van der Waals surface area (Å²) in [5.74, 6) is 0.924. The number of anilines is 1. The third-order valence-corrected chi connectivity index (χ3v) is 5.41. The fraction of sp³-hybridized carbons (Fsp3) is 0.455. The predicted octanol–water partition coefficient (Wildman–Crippen LogP) is 1.76. The molecule has 0 saturated carbocycles. The van der Waals surface area contributed by atoms with Crippen molar-refractivity contribution in [2.75, 3.05) is 44.2 Å². The number of hydrogen-bond acceptors (Lipinski definition) is 3. The third kappa shape index (κ3) is 4.57. The molecule has 2 N–H and O–H groups in total. The predicted molar refractivity (Wildman–Crippen MR) is 106 cm³/mol. The van der Waals surface area contributed by atoms with Gasteiger partial charge in [0.25, 0.3) is 0 Å². The first kappa shape index (κ1) is 18.7. The molecule has 0 aromatic heterocycles. The van der Waals surface area contributed by atoms with Gasteiger partial charge in [0.2, 0.25) is 0 Å². The normalized spacial score (nSPS) is 16.5. The highest BCUT2D eigenvalue weighted by atomic mass is 16.5. The Kier molecular flexibility index (Phi) is 6.17. The van der Waals surface area contributed by atoms with Gasteiger partial charge >= 0.3 is 0 Å². The Balaban J connectivity index is 1.46. The lowest BCUT2D eigenvalue weighted by Gasteiger charge is -2.34. The molecule has 1 aliphatic heterocycles. The molecule has 1 heterocycles. The van der Waals surface area contributed by atoms with Crippen LogP contribution in [0.4, 0.5) is 5.69 Å². The zero-order valence-corrected chi connectivity index (χ0v) is 16.2. The van der Waals surface area contributed by atoms with Crippen molar-refractivity contribution in [2.24, 2.45) is 0 Å². The summed E-state index contributed by atoms with van der Waals surface area (Å²) in [7, 11) is 0. The number of aliphatic hydroxyl groups excluding tert-OH is 1. The molecule has 1 aliphatic rings. The van der Waals surface area contributed by atoms with Crippen LogP contribution in [0.5, 0.6) is 5.75 Å². The van der Waals surface area contributed by atoms with Crippen molar-refractivity contribution < 1.29 is 14.7 Å². The van der Waals surface area contributed by atoms with Crippen molar-refractivity contribution in [3.63, 3.8) is 0 Å². The molecule has 140 valence electrons. The highest BCUT2D eigenvalue weighted by Crippen LogP contribution is 2.25. The molecule has 0 aliphatic carbocycles. The van der Waals surface area contributed by atoms with Gasteiger partial charge in [0.05, 0.1) is 26.2 Å². The number of para-hydroxylation sites is 1. The highest BCUT2D eigenvalue weighted by molar-refractivity contribution is 5.46. The molecule has 0 bridgehead atoms. The van der Waals surface area contributed by atoms with Gasteiger partial charge in [-0.15, -0.1) is 0 Å². The Morgan fingerprint density at radius 2 is 1.65 bits per heavy atom. The van der Waals surface area contributed by atoms with Gasteiger partial charge in [-0.2, -0.15) is 0 Å². The fourth-order valence-corrected chi connectivity index (χ4v) is 3.64. The lowest BCUT2D eigenvalue weighted by Crippen LogP contribution is -3.16. The van der Waals surface area contributed by atoms with Crippen LogP contribution in [0, 0.1) is 20.8 Å². The lowest BCUT2D eigenvalue weighted by molar-refractivity contribution is -0.903. The maximum Gasteiger partial charge on any atom is 0.137 e. The minimum absolute atomic E-state index is 0.358. The van der Waals surface area contributed by atoms with Crippen LogP contribution in [0.3, 0.4) is 0 Å². The summed E-state index contributed by atoms with van der Waals surface area (Å²) in [5.41, 5.74) is 4.81. The van der Waals surface area contributed by atoms with E-state index >= 15 is 0 Å². The topological polar surface area (TPSA) is 37.1 Å². The van der Waals surface area contributed by atoms with Crippen LogP contribution in [0.2, 0.25) is 0 Å². The molecule has 1 atom stereocenters. The van der Waals surface area contributed by atoms with Crippen molar-refractivity contribution >= 4 is 5.69 Å². The molecule has 0 unspecified atom stereocenters. The van der Waals surface area contributed by atoms with Gasteiger partial charge in [0.15, 0.2) is 0 Å². The van der Waals surface area contributed by atoms with E-state index in [0.29, 0.717) is 6.61 Å². The maximum absolute atomic E-state index is 10.4. The van der Waals surface area contributed by atoms with E-state index < -0.39 is 6.10 Å². The molecule has 4 nitrogen and oxygen atoms in total. The lowest BCUT2D eigenvalue weighted by atomic mass is 10.1. The minimum atomic E-state index is -0.437. The van der Waals surface area contributed by atoms with Crippen LogP contribution < -0.4 is 14.5 Å². The Morgan fingerprint density at radius 3 is 2.35 bits per heavy atom. The Bertz CT molecular complexity index is 710. The molecule has 4 heteroatoms. The average molecular weight is 356 g/mol. The van der Waals surface area contributed by atoms with Gasteiger partial charge in [0, 0.05) is 5.69 Å². The Morgan fingerprint density at radius 1 is 1.00 bits per heavy atom. The first-order chi connectivity index (χ1) is 12.5. The van der Waals surface area contributed by atoms with Crippen LogP contribution in [0.25, 0.3) is 0 Å². The van der Waals surface area contributed by atoms with E-state index in [1.54, 1.807) is 0 Å². The first-order valence-corrected chi connectivity index (χ1v) is 9.56. The summed E-state index contributed by atoms with van der Waals surface area (Å²) in [4.78, 5) is 3.87. The molecule has 2 aromatic carbocycles. The van der Waals surface area contributed by atoms with E-state index in [4.69, 9.17) is 4.74 Å². The second-order valence-electron chi connectivity index (χ2n) is 7.40. The third-order valence-electron chi connectivity index (χ3n) is 5.41. The second-order valence-corrected chi connectivity index (χ2v) is 7.40. The molecule has 0 spiro atoms. The molecule has 26 heavy (non-hydrogen) atoms. The first-order valence-electron chi connectivity index (χ1n) is 9.56. The van der Waals surface area contributed by atoms with E-state index in [2.05, 4.69) is 68.1 Å². The van der Waals surface area contributed by atoms with Crippen LogP contribution >= 0.6 is 0 Å². The van der Waals surface area contributed by atoms with Crippen molar-refractivity contribution in [3.05, 3.63) is 59.2 Å². The summed E-state index contributed by atoms with van der Waals surface area (Å²) in [6, 6.07) is 14.8. The number of ether oxygens (including phenoxy) is 1. The number of benzene rings is 2. The number of nitrogens with one attached hydrogen (secondary N) is 1. The number of hydrogen-bond donors (Lipinski definition) is 2. The van der Waals surface area contributed by atoms with E-state index in [9.17, 15) is 5.11 Å². The number of aliphatic hydroxyl groups is 1. The van der Waals surface area contributed by atoms with Gasteiger partial charge in [-0.1, -0.05) is 30.3 Å².